The van der Waals surface area contributed by atoms with Crippen molar-refractivity contribution in [2.45, 2.75) is 19.5 Å². The number of aromatic nitrogens is 1. The van der Waals surface area contributed by atoms with Crippen LogP contribution in [-0.2, 0) is 11.3 Å². The number of pyridine rings is 1. The van der Waals surface area contributed by atoms with Crippen LogP contribution < -0.4 is 5.32 Å². The van der Waals surface area contributed by atoms with Gasteiger partial charge < -0.3 is 10.1 Å². The highest BCUT2D eigenvalue weighted by molar-refractivity contribution is 5.88. The van der Waals surface area contributed by atoms with Gasteiger partial charge in [-0.05, 0) is 44.0 Å². The summed E-state index contributed by atoms with van der Waals surface area (Å²) in [5.41, 5.74) is 1.52. The minimum absolute atomic E-state index is 0.334. The number of rotatable bonds is 3. The van der Waals surface area contributed by atoms with Crippen molar-refractivity contribution in [1.29, 1.82) is 0 Å². The first-order chi connectivity index (χ1) is 9.69. The van der Waals surface area contributed by atoms with Gasteiger partial charge in [0.05, 0.1) is 18.4 Å². The molecule has 2 fully saturated rings. The molecule has 2 aliphatic rings. The molecule has 5 heteroatoms. The Hall–Kier alpha value is -1.46. The summed E-state index contributed by atoms with van der Waals surface area (Å²) in [4.78, 5) is 18.3. The van der Waals surface area contributed by atoms with Gasteiger partial charge in [0.25, 0.3) is 0 Å². The van der Waals surface area contributed by atoms with E-state index in [1.54, 1.807) is 12.3 Å². The SMILES string of the molecule is COC(=O)c1ccc(CN2CC3CNCC3C2C)nc1. The van der Waals surface area contributed by atoms with Crippen LogP contribution in [0.3, 0.4) is 0 Å². The van der Waals surface area contributed by atoms with Crippen molar-refractivity contribution in [1.82, 2.24) is 15.2 Å². The molecule has 3 heterocycles. The summed E-state index contributed by atoms with van der Waals surface area (Å²) in [7, 11) is 1.38. The predicted octanol–water partition coefficient (Wildman–Crippen LogP) is 0.908. The molecule has 3 atom stereocenters. The van der Waals surface area contributed by atoms with E-state index in [4.69, 9.17) is 0 Å². The first kappa shape index (κ1) is 13.5. The first-order valence-electron chi connectivity index (χ1n) is 7.17. The molecule has 1 N–H and O–H groups in total. The average molecular weight is 275 g/mol. The van der Waals surface area contributed by atoms with Gasteiger partial charge in [0.1, 0.15) is 0 Å². The molecule has 108 valence electrons. The Labute approximate surface area is 119 Å². The van der Waals surface area contributed by atoms with Crippen LogP contribution in [0.1, 0.15) is 23.0 Å². The fraction of sp³-hybridized carbons (Fsp3) is 0.600. The fourth-order valence-corrected chi connectivity index (χ4v) is 3.43. The van der Waals surface area contributed by atoms with Gasteiger partial charge in [0.2, 0.25) is 0 Å². The van der Waals surface area contributed by atoms with Crippen LogP contribution in [0, 0.1) is 11.8 Å². The van der Waals surface area contributed by atoms with Gasteiger partial charge in [-0.15, -0.1) is 0 Å². The van der Waals surface area contributed by atoms with Crippen LogP contribution >= 0.6 is 0 Å². The Morgan fingerprint density at radius 1 is 1.50 bits per heavy atom. The molecule has 5 nitrogen and oxygen atoms in total. The van der Waals surface area contributed by atoms with Crippen molar-refractivity contribution >= 4 is 5.97 Å². The van der Waals surface area contributed by atoms with Crippen LogP contribution in [-0.4, -0.2) is 48.6 Å². The molecule has 0 radical (unpaired) electrons. The molecular weight excluding hydrogens is 254 g/mol. The van der Waals surface area contributed by atoms with Gasteiger partial charge >= 0.3 is 5.97 Å². The van der Waals surface area contributed by atoms with Gasteiger partial charge in [0, 0.05) is 25.3 Å². The number of esters is 1. The molecule has 2 saturated heterocycles. The zero-order chi connectivity index (χ0) is 14.1. The van der Waals surface area contributed by atoms with Crippen LogP contribution in [0.5, 0.6) is 0 Å². The number of methoxy groups -OCH3 is 1. The predicted molar refractivity (Wildman–Crippen MR) is 75.3 cm³/mol. The summed E-state index contributed by atoms with van der Waals surface area (Å²) in [6.45, 7) is 6.58. The second-order valence-electron chi connectivity index (χ2n) is 5.78. The average Bonchev–Trinajstić information content (AvgIpc) is 3.03. The van der Waals surface area contributed by atoms with E-state index in [1.165, 1.54) is 7.11 Å². The number of likely N-dealkylation sites (tertiary alicyclic amines) is 1. The van der Waals surface area contributed by atoms with Gasteiger partial charge in [-0.1, -0.05) is 0 Å². The van der Waals surface area contributed by atoms with E-state index in [2.05, 4.69) is 26.9 Å². The minimum atomic E-state index is -0.334. The van der Waals surface area contributed by atoms with Crippen LogP contribution in [0.2, 0.25) is 0 Å². The topological polar surface area (TPSA) is 54.5 Å². The molecule has 0 amide bonds. The van der Waals surface area contributed by atoms with Crippen molar-refractivity contribution in [2.24, 2.45) is 11.8 Å². The lowest BCUT2D eigenvalue weighted by molar-refractivity contribution is 0.0600. The van der Waals surface area contributed by atoms with E-state index in [0.717, 1.165) is 43.7 Å². The molecule has 0 aromatic carbocycles. The molecule has 1 aromatic rings. The largest absolute Gasteiger partial charge is 0.465 e. The van der Waals surface area contributed by atoms with E-state index in [1.807, 2.05) is 6.07 Å². The van der Waals surface area contributed by atoms with Crippen molar-refractivity contribution in [2.75, 3.05) is 26.7 Å². The minimum Gasteiger partial charge on any atom is -0.465 e. The molecule has 2 aliphatic heterocycles. The smallest absolute Gasteiger partial charge is 0.339 e. The van der Waals surface area contributed by atoms with Crippen LogP contribution in [0.4, 0.5) is 0 Å². The number of ether oxygens (including phenoxy) is 1. The van der Waals surface area contributed by atoms with Gasteiger partial charge in [-0.25, -0.2) is 4.79 Å². The Bertz CT molecular complexity index is 488. The summed E-state index contributed by atoms with van der Waals surface area (Å²) in [6, 6.07) is 4.31. The quantitative estimate of drug-likeness (QED) is 0.831. The monoisotopic (exact) mass is 275 g/mol. The van der Waals surface area contributed by atoms with E-state index in [0.29, 0.717) is 11.6 Å². The summed E-state index contributed by atoms with van der Waals surface area (Å²) in [5.74, 6) is 1.21. The number of carbonyl (C=O) groups excluding carboxylic acids is 1. The molecule has 3 rings (SSSR count). The van der Waals surface area contributed by atoms with Crippen molar-refractivity contribution in [3.63, 3.8) is 0 Å². The summed E-state index contributed by atoms with van der Waals surface area (Å²) in [6.07, 6.45) is 1.60. The highest BCUT2D eigenvalue weighted by atomic mass is 16.5. The third-order valence-corrected chi connectivity index (χ3v) is 4.67. The summed E-state index contributed by atoms with van der Waals surface area (Å²) in [5, 5.41) is 3.47. The third-order valence-electron chi connectivity index (χ3n) is 4.67. The standard InChI is InChI=1S/C15H21N3O2/c1-10-14-7-16-5-12(14)8-18(10)9-13-4-3-11(6-17-13)15(19)20-2/h3-4,6,10,12,14,16H,5,7-9H2,1-2H3. The molecule has 3 unspecified atom stereocenters. The molecule has 0 saturated carbocycles. The van der Waals surface area contributed by atoms with Crippen molar-refractivity contribution in [3.05, 3.63) is 29.6 Å². The molecule has 20 heavy (non-hydrogen) atoms. The second-order valence-corrected chi connectivity index (χ2v) is 5.78. The Morgan fingerprint density at radius 3 is 3.00 bits per heavy atom. The Balaban J connectivity index is 1.65. The zero-order valence-electron chi connectivity index (χ0n) is 12.0. The van der Waals surface area contributed by atoms with Crippen LogP contribution in [0.25, 0.3) is 0 Å². The molecule has 0 bridgehead atoms. The summed E-state index contributed by atoms with van der Waals surface area (Å²) < 4.78 is 4.68. The highest BCUT2D eigenvalue weighted by Gasteiger charge is 2.41. The van der Waals surface area contributed by atoms with E-state index in [-0.39, 0.29) is 5.97 Å². The normalized spacial score (nSPS) is 29.4. The number of fused-ring (bicyclic) bond motifs is 1. The number of hydrogen-bond acceptors (Lipinski definition) is 5. The second kappa shape index (κ2) is 5.50. The number of carbonyl (C=O) groups is 1. The van der Waals surface area contributed by atoms with Crippen LogP contribution in [0.15, 0.2) is 18.3 Å². The fourth-order valence-electron chi connectivity index (χ4n) is 3.43. The lowest BCUT2D eigenvalue weighted by Gasteiger charge is -2.23. The van der Waals surface area contributed by atoms with E-state index >= 15 is 0 Å². The molecule has 0 spiro atoms. The van der Waals surface area contributed by atoms with Crippen molar-refractivity contribution in [3.8, 4) is 0 Å². The maximum absolute atomic E-state index is 11.4. The Kier molecular flexibility index (Phi) is 3.72. The lowest BCUT2D eigenvalue weighted by atomic mass is 9.95. The van der Waals surface area contributed by atoms with Gasteiger partial charge in [-0.2, -0.15) is 0 Å². The summed E-state index contributed by atoms with van der Waals surface area (Å²) >= 11 is 0. The molecular formula is C15H21N3O2. The first-order valence-corrected chi connectivity index (χ1v) is 7.17. The Morgan fingerprint density at radius 2 is 2.35 bits per heavy atom. The van der Waals surface area contributed by atoms with Gasteiger partial charge in [-0.3, -0.25) is 9.88 Å². The van der Waals surface area contributed by atoms with E-state index in [9.17, 15) is 4.79 Å². The number of nitrogens with zero attached hydrogens (tertiary/aromatic N) is 2. The third kappa shape index (κ3) is 2.43. The molecule has 1 aromatic heterocycles. The highest BCUT2D eigenvalue weighted by Crippen LogP contribution is 2.32. The zero-order valence-corrected chi connectivity index (χ0v) is 12.0. The maximum Gasteiger partial charge on any atom is 0.339 e. The van der Waals surface area contributed by atoms with Crippen molar-refractivity contribution < 1.29 is 9.53 Å². The van der Waals surface area contributed by atoms with E-state index < -0.39 is 0 Å². The number of hydrogen-bond donors (Lipinski definition) is 1. The van der Waals surface area contributed by atoms with Gasteiger partial charge in [0.15, 0.2) is 0 Å². The number of nitrogens with one attached hydrogen (secondary N) is 1. The maximum atomic E-state index is 11.4. The lowest BCUT2D eigenvalue weighted by Crippen LogP contribution is -2.33. The molecule has 0 aliphatic carbocycles.